The van der Waals surface area contributed by atoms with Gasteiger partial charge in [-0.05, 0) is 41.8 Å². The van der Waals surface area contributed by atoms with Crippen LogP contribution < -0.4 is 5.32 Å². The molecule has 1 aromatic heterocycles. The fourth-order valence-electron chi connectivity index (χ4n) is 1.99. The largest absolute Gasteiger partial charge is 0.385 e. The molecule has 18 heavy (non-hydrogen) atoms. The Bertz CT molecular complexity index is 530. The van der Waals surface area contributed by atoms with Gasteiger partial charge in [0.15, 0.2) is 5.82 Å². The van der Waals surface area contributed by atoms with Crippen LogP contribution in [0.5, 0.6) is 0 Å². The SMILES string of the molecule is CCCNc1cccc(-c2nnnn2C2CC2)c1. The molecule has 5 heteroatoms. The Hall–Kier alpha value is -1.91. The molecular formula is C13H17N5. The van der Waals surface area contributed by atoms with E-state index in [2.05, 4.69) is 46.0 Å². The lowest BCUT2D eigenvalue weighted by molar-refractivity contribution is 0.615. The third kappa shape index (κ3) is 2.20. The Balaban J connectivity index is 1.88. The number of nitrogens with one attached hydrogen (secondary N) is 1. The normalized spacial score (nSPS) is 14.7. The van der Waals surface area contributed by atoms with Crippen molar-refractivity contribution in [1.82, 2.24) is 20.2 Å². The molecule has 0 radical (unpaired) electrons. The third-order valence-corrected chi connectivity index (χ3v) is 3.09. The Kier molecular flexibility index (Phi) is 2.96. The molecule has 5 nitrogen and oxygen atoms in total. The van der Waals surface area contributed by atoms with Gasteiger partial charge in [-0.25, -0.2) is 4.68 Å². The van der Waals surface area contributed by atoms with Gasteiger partial charge in [-0.1, -0.05) is 19.1 Å². The molecular weight excluding hydrogens is 226 g/mol. The van der Waals surface area contributed by atoms with E-state index in [-0.39, 0.29) is 0 Å². The van der Waals surface area contributed by atoms with Crippen LogP contribution in [0.15, 0.2) is 24.3 Å². The number of benzene rings is 1. The van der Waals surface area contributed by atoms with Gasteiger partial charge in [0.25, 0.3) is 0 Å². The van der Waals surface area contributed by atoms with Crippen molar-refractivity contribution >= 4 is 5.69 Å². The molecule has 1 heterocycles. The Morgan fingerprint density at radius 2 is 2.28 bits per heavy atom. The molecule has 94 valence electrons. The Labute approximate surface area is 106 Å². The first-order valence-electron chi connectivity index (χ1n) is 6.50. The van der Waals surface area contributed by atoms with Gasteiger partial charge < -0.3 is 5.32 Å². The van der Waals surface area contributed by atoms with E-state index in [1.807, 2.05) is 10.7 Å². The minimum absolute atomic E-state index is 0.502. The standard InChI is InChI=1S/C13H17N5/c1-2-8-14-11-5-3-4-10(9-11)13-15-16-17-18(13)12-6-7-12/h3-5,9,12,14H,2,6-8H2,1H3. The molecule has 1 N–H and O–H groups in total. The van der Waals surface area contributed by atoms with Crippen molar-refractivity contribution in [2.45, 2.75) is 32.2 Å². The van der Waals surface area contributed by atoms with Crippen molar-refractivity contribution in [3.63, 3.8) is 0 Å². The highest BCUT2D eigenvalue weighted by Gasteiger charge is 2.28. The van der Waals surface area contributed by atoms with Gasteiger partial charge in [-0.3, -0.25) is 0 Å². The molecule has 0 spiro atoms. The first kappa shape index (κ1) is 11.2. The number of hydrogen-bond acceptors (Lipinski definition) is 4. The summed E-state index contributed by atoms with van der Waals surface area (Å²) >= 11 is 0. The number of hydrogen-bond donors (Lipinski definition) is 1. The quantitative estimate of drug-likeness (QED) is 0.876. The van der Waals surface area contributed by atoms with Crippen molar-refractivity contribution < 1.29 is 0 Å². The predicted molar refractivity (Wildman–Crippen MR) is 70.3 cm³/mol. The molecule has 1 aromatic carbocycles. The van der Waals surface area contributed by atoms with Crippen molar-refractivity contribution in [1.29, 1.82) is 0 Å². The average molecular weight is 243 g/mol. The Morgan fingerprint density at radius 3 is 3.06 bits per heavy atom. The van der Waals surface area contributed by atoms with Crippen LogP contribution in [0.1, 0.15) is 32.2 Å². The van der Waals surface area contributed by atoms with Crippen molar-refractivity contribution in [3.05, 3.63) is 24.3 Å². The molecule has 0 atom stereocenters. The number of nitrogens with zero attached hydrogens (tertiary/aromatic N) is 4. The number of aromatic nitrogens is 4. The molecule has 0 saturated heterocycles. The van der Waals surface area contributed by atoms with E-state index in [1.165, 1.54) is 12.8 Å². The monoisotopic (exact) mass is 243 g/mol. The van der Waals surface area contributed by atoms with Gasteiger partial charge in [0.1, 0.15) is 0 Å². The van der Waals surface area contributed by atoms with E-state index in [9.17, 15) is 0 Å². The topological polar surface area (TPSA) is 55.6 Å². The second-order valence-corrected chi connectivity index (χ2v) is 4.69. The second kappa shape index (κ2) is 4.76. The lowest BCUT2D eigenvalue weighted by Crippen LogP contribution is -2.02. The summed E-state index contributed by atoms with van der Waals surface area (Å²) in [4.78, 5) is 0. The highest BCUT2D eigenvalue weighted by atomic mass is 15.6. The van der Waals surface area contributed by atoms with Gasteiger partial charge in [0.05, 0.1) is 6.04 Å². The van der Waals surface area contributed by atoms with Gasteiger partial charge in [0, 0.05) is 17.8 Å². The van der Waals surface area contributed by atoms with E-state index < -0.39 is 0 Å². The minimum atomic E-state index is 0.502. The molecule has 1 aliphatic carbocycles. The van der Waals surface area contributed by atoms with E-state index in [4.69, 9.17) is 0 Å². The lowest BCUT2D eigenvalue weighted by Gasteiger charge is -2.07. The first-order chi connectivity index (χ1) is 8.88. The first-order valence-corrected chi connectivity index (χ1v) is 6.50. The maximum atomic E-state index is 4.14. The third-order valence-electron chi connectivity index (χ3n) is 3.09. The smallest absolute Gasteiger partial charge is 0.182 e. The molecule has 0 bridgehead atoms. The number of anilines is 1. The summed E-state index contributed by atoms with van der Waals surface area (Å²) < 4.78 is 1.94. The molecule has 1 saturated carbocycles. The fourth-order valence-corrected chi connectivity index (χ4v) is 1.99. The van der Waals surface area contributed by atoms with E-state index >= 15 is 0 Å². The Morgan fingerprint density at radius 1 is 1.39 bits per heavy atom. The van der Waals surface area contributed by atoms with Crippen LogP contribution >= 0.6 is 0 Å². The molecule has 0 amide bonds. The lowest BCUT2D eigenvalue weighted by atomic mass is 10.2. The molecule has 3 rings (SSSR count). The molecule has 1 aliphatic rings. The second-order valence-electron chi connectivity index (χ2n) is 4.69. The minimum Gasteiger partial charge on any atom is -0.385 e. The van der Waals surface area contributed by atoms with E-state index in [0.717, 1.165) is 30.0 Å². The van der Waals surface area contributed by atoms with Crippen LogP contribution in [0.4, 0.5) is 5.69 Å². The summed E-state index contributed by atoms with van der Waals surface area (Å²) in [5.74, 6) is 0.873. The van der Waals surface area contributed by atoms with E-state index in [0.29, 0.717) is 6.04 Å². The van der Waals surface area contributed by atoms with Gasteiger partial charge >= 0.3 is 0 Å². The van der Waals surface area contributed by atoms with Crippen LogP contribution in [0.3, 0.4) is 0 Å². The van der Waals surface area contributed by atoms with Crippen LogP contribution in [-0.2, 0) is 0 Å². The van der Waals surface area contributed by atoms with Crippen molar-refractivity contribution in [2.75, 3.05) is 11.9 Å². The summed E-state index contributed by atoms with van der Waals surface area (Å²) in [6.45, 7) is 3.14. The summed E-state index contributed by atoms with van der Waals surface area (Å²) in [6.07, 6.45) is 3.49. The zero-order valence-corrected chi connectivity index (χ0v) is 10.5. The predicted octanol–water partition coefficient (Wildman–Crippen LogP) is 2.50. The van der Waals surface area contributed by atoms with Crippen LogP contribution in [0.2, 0.25) is 0 Å². The highest BCUT2D eigenvalue weighted by molar-refractivity contribution is 5.62. The summed E-state index contributed by atoms with van der Waals surface area (Å²) in [6, 6.07) is 8.79. The van der Waals surface area contributed by atoms with Gasteiger partial charge in [-0.15, -0.1) is 5.10 Å². The highest BCUT2D eigenvalue weighted by Crippen LogP contribution is 2.36. The maximum absolute atomic E-state index is 4.14. The van der Waals surface area contributed by atoms with Crippen molar-refractivity contribution in [3.8, 4) is 11.4 Å². The van der Waals surface area contributed by atoms with Crippen LogP contribution in [0.25, 0.3) is 11.4 Å². The molecule has 1 fully saturated rings. The number of tetrazole rings is 1. The summed E-state index contributed by atoms with van der Waals surface area (Å²) in [5, 5.41) is 15.4. The van der Waals surface area contributed by atoms with Gasteiger partial charge in [-0.2, -0.15) is 0 Å². The molecule has 0 unspecified atom stereocenters. The molecule has 2 aromatic rings. The van der Waals surface area contributed by atoms with Gasteiger partial charge in [0.2, 0.25) is 0 Å². The molecule has 0 aliphatic heterocycles. The zero-order chi connectivity index (χ0) is 12.4. The van der Waals surface area contributed by atoms with Crippen molar-refractivity contribution in [2.24, 2.45) is 0 Å². The summed E-state index contributed by atoms with van der Waals surface area (Å²) in [5.41, 5.74) is 2.20. The van der Waals surface area contributed by atoms with Crippen LogP contribution in [0, 0.1) is 0 Å². The fraction of sp³-hybridized carbons (Fsp3) is 0.462. The maximum Gasteiger partial charge on any atom is 0.182 e. The van der Waals surface area contributed by atoms with E-state index in [1.54, 1.807) is 0 Å². The average Bonchev–Trinajstić information content (AvgIpc) is 3.14. The number of rotatable bonds is 5. The summed E-state index contributed by atoms with van der Waals surface area (Å²) in [7, 11) is 0. The van der Waals surface area contributed by atoms with Crippen LogP contribution in [-0.4, -0.2) is 26.8 Å². The zero-order valence-electron chi connectivity index (χ0n) is 10.5.